The average Bonchev–Trinajstić information content (AvgIpc) is 1.94. The second-order valence-electron chi connectivity index (χ2n) is 2.22. The molecule has 0 aliphatic heterocycles. The van der Waals surface area contributed by atoms with Crippen LogP contribution in [0.25, 0.3) is 0 Å². The molecule has 0 saturated carbocycles. The van der Waals surface area contributed by atoms with Gasteiger partial charge in [0.2, 0.25) is 0 Å². The summed E-state index contributed by atoms with van der Waals surface area (Å²) in [5.41, 5.74) is -17.6. The smallest absolute Gasteiger partial charge is 0.201 e. The van der Waals surface area contributed by atoms with Crippen molar-refractivity contribution < 1.29 is 47.9 Å². The Morgan fingerprint density at radius 2 is 1.00 bits per heavy atom. The predicted molar refractivity (Wildman–Crippen MR) is 44.1 cm³/mol. The lowest BCUT2D eigenvalue weighted by Gasteiger charge is -2.22. The van der Waals surface area contributed by atoms with Crippen molar-refractivity contribution in [1.29, 1.82) is 0 Å². The molecule has 0 fully saturated rings. The lowest BCUT2D eigenvalue weighted by Crippen LogP contribution is -2.36. The summed E-state index contributed by atoms with van der Waals surface area (Å²) in [6, 6.07) is 0. The molecule has 0 aromatic carbocycles. The first-order valence-electron chi connectivity index (χ1n) is 3.19. The van der Waals surface area contributed by atoms with E-state index < -0.39 is 53.6 Å². The van der Waals surface area contributed by atoms with Crippen LogP contribution in [0.2, 0.25) is 0 Å². The Hall–Kier alpha value is -0.0200. The van der Waals surface area contributed by atoms with Crippen LogP contribution in [0.15, 0.2) is 0 Å². The number of nitrogens with zero attached hydrogens (tertiary/aromatic N) is 1. The minimum Gasteiger partial charge on any atom is -0.201 e. The highest BCUT2D eigenvalue weighted by molar-refractivity contribution is 8.23. The number of hydrogen-bond donors (Lipinski definition) is 0. The quantitative estimate of drug-likeness (QED) is 0.578. The zero-order valence-corrected chi connectivity index (χ0v) is 9.84. The van der Waals surface area contributed by atoms with Crippen molar-refractivity contribution in [2.24, 2.45) is 0 Å². The maximum absolute atomic E-state index is 11.8. The Labute approximate surface area is 102 Å². The van der Waals surface area contributed by atoms with Crippen molar-refractivity contribution in [3.05, 3.63) is 0 Å². The summed E-state index contributed by atoms with van der Waals surface area (Å²) in [4.78, 5) is 0. The van der Waals surface area contributed by atoms with Crippen LogP contribution in [-0.2, 0) is 10.0 Å². The molecule has 0 aliphatic rings. The van der Waals surface area contributed by atoms with Gasteiger partial charge in [0, 0.05) is 0 Å². The van der Waals surface area contributed by atoms with Crippen LogP contribution in [0.1, 0.15) is 0 Å². The van der Waals surface area contributed by atoms with Gasteiger partial charge < -0.3 is 0 Å². The second kappa shape index (κ2) is 5.16. The molecule has 18 heavy (non-hydrogen) atoms. The second-order valence-corrected chi connectivity index (χ2v) is 6.71. The normalized spacial score (nSPS) is 15.2. The van der Waals surface area contributed by atoms with Gasteiger partial charge in [0.05, 0.1) is 23.9 Å². The monoisotopic (exact) mass is 349 g/mol. The number of hydrogen-bond acceptors (Lipinski definition) is 4. The summed E-state index contributed by atoms with van der Waals surface area (Å²) in [6.07, 6.45) is 0. The highest BCUT2D eigenvalue weighted by atomic mass is 32.3. The Morgan fingerprint density at radius 3 is 1.17 bits per heavy atom. The zero-order valence-electron chi connectivity index (χ0n) is 7.39. The zero-order chi connectivity index (χ0) is 15.0. The van der Waals surface area contributed by atoms with Crippen LogP contribution < -0.4 is 0 Å². The number of rotatable bonds is 3. The van der Waals surface area contributed by atoms with Crippen LogP contribution in [0.4, 0.5) is 39.5 Å². The van der Waals surface area contributed by atoms with Gasteiger partial charge in [0.15, 0.2) is 0 Å². The van der Waals surface area contributed by atoms with Gasteiger partial charge >= 0.3 is 26.5 Å². The molecular weight excluding hydrogens is 349 g/mol. The van der Waals surface area contributed by atoms with E-state index >= 15 is 0 Å². The van der Waals surface area contributed by atoms with Gasteiger partial charge in [0.25, 0.3) is 0 Å². The van der Waals surface area contributed by atoms with Gasteiger partial charge in [-0.25, -0.2) is 8.42 Å². The summed E-state index contributed by atoms with van der Waals surface area (Å²) in [7, 11) is -6.79. The molecule has 0 amide bonds. The molecule has 0 saturated heterocycles. The van der Waals surface area contributed by atoms with Crippen LogP contribution in [0.3, 0.4) is 0 Å². The SMILES string of the molecule is O=S(=O)(N(SC(F)(F)F)SC(F)(F)F)C(F)(F)F. The summed E-state index contributed by atoms with van der Waals surface area (Å²) in [6.45, 7) is 0. The van der Waals surface area contributed by atoms with E-state index in [-0.39, 0.29) is 0 Å². The summed E-state index contributed by atoms with van der Waals surface area (Å²) < 4.78 is 125. The summed E-state index contributed by atoms with van der Waals surface area (Å²) in [5.74, 6) is 0. The molecule has 0 spiro atoms. The molecule has 0 bridgehead atoms. The van der Waals surface area contributed by atoms with E-state index in [9.17, 15) is 47.9 Å². The van der Waals surface area contributed by atoms with Gasteiger partial charge in [0.1, 0.15) is 0 Å². The fourth-order valence-corrected chi connectivity index (χ4v) is 3.33. The highest BCUT2D eigenvalue weighted by Crippen LogP contribution is 2.48. The molecular formula is C3F9NO2S3. The lowest BCUT2D eigenvalue weighted by atomic mass is 11.6. The highest BCUT2D eigenvalue weighted by Gasteiger charge is 2.56. The molecule has 0 aliphatic carbocycles. The first-order valence-corrected chi connectivity index (χ1v) is 6.18. The summed E-state index contributed by atoms with van der Waals surface area (Å²) in [5, 5.41) is 0. The molecule has 0 unspecified atom stereocenters. The van der Waals surface area contributed by atoms with Crippen molar-refractivity contribution in [2.45, 2.75) is 16.5 Å². The Bertz CT molecular complexity index is 363. The molecule has 0 atom stereocenters. The minimum atomic E-state index is -6.79. The largest absolute Gasteiger partial charge is 0.513 e. The van der Waals surface area contributed by atoms with E-state index in [0.717, 1.165) is 0 Å². The van der Waals surface area contributed by atoms with Crippen LogP contribution in [0, 0.1) is 0 Å². The summed E-state index contributed by atoms with van der Waals surface area (Å²) >= 11 is -4.14. The van der Waals surface area contributed by atoms with Crippen molar-refractivity contribution in [3.63, 3.8) is 0 Å². The molecule has 15 heteroatoms. The van der Waals surface area contributed by atoms with Gasteiger partial charge in [-0.3, -0.25) is 0 Å². The van der Waals surface area contributed by atoms with E-state index in [4.69, 9.17) is 0 Å². The maximum Gasteiger partial charge on any atom is 0.513 e. The van der Waals surface area contributed by atoms with Crippen molar-refractivity contribution in [1.82, 2.24) is 3.12 Å². The third kappa shape index (κ3) is 5.75. The van der Waals surface area contributed by atoms with E-state index in [0.29, 0.717) is 0 Å². The molecule has 0 aromatic heterocycles. The van der Waals surface area contributed by atoms with Gasteiger partial charge in [-0.05, 0) is 0 Å². The van der Waals surface area contributed by atoms with Gasteiger partial charge in [-0.15, -0.1) is 0 Å². The van der Waals surface area contributed by atoms with Crippen LogP contribution in [-0.4, -0.2) is 28.1 Å². The fraction of sp³-hybridized carbons (Fsp3) is 1.00. The van der Waals surface area contributed by atoms with Gasteiger partial charge in [-0.1, -0.05) is 3.12 Å². The molecule has 3 nitrogen and oxygen atoms in total. The molecule has 110 valence electrons. The predicted octanol–water partition coefficient (Wildman–Crippen LogP) is 3.47. The van der Waals surface area contributed by atoms with E-state index in [1.54, 1.807) is 0 Å². The van der Waals surface area contributed by atoms with Crippen LogP contribution in [0.5, 0.6) is 0 Å². The molecule has 0 N–H and O–H groups in total. The maximum atomic E-state index is 11.8. The molecule has 0 aromatic rings. The van der Waals surface area contributed by atoms with Crippen molar-refractivity contribution in [2.75, 3.05) is 0 Å². The first kappa shape index (κ1) is 18.0. The Morgan fingerprint density at radius 1 is 0.722 bits per heavy atom. The Balaban J connectivity index is 5.37. The lowest BCUT2D eigenvalue weighted by molar-refractivity contribution is -0.0477. The third-order valence-electron chi connectivity index (χ3n) is 0.845. The number of sulfonamides is 1. The standard InChI is InChI=1S/C3F9NO2S3/c4-1(5,6)16-13(17-2(7,8)9)18(14,15)3(10,11)12. The first-order chi connectivity index (χ1) is 7.56. The average molecular weight is 349 g/mol. The van der Waals surface area contributed by atoms with Crippen LogP contribution >= 0.6 is 23.9 Å². The molecule has 0 heterocycles. The Kier molecular flexibility index (Phi) is 5.16. The molecule has 0 rings (SSSR count). The molecule has 0 radical (unpaired) electrons. The van der Waals surface area contributed by atoms with E-state index in [1.165, 1.54) is 0 Å². The van der Waals surface area contributed by atoms with E-state index in [2.05, 4.69) is 0 Å². The number of alkyl halides is 9. The fourth-order valence-electron chi connectivity index (χ4n) is 0.370. The van der Waals surface area contributed by atoms with E-state index in [1.807, 2.05) is 0 Å². The topological polar surface area (TPSA) is 37.4 Å². The number of halogens is 9. The van der Waals surface area contributed by atoms with Gasteiger partial charge in [-0.2, -0.15) is 39.5 Å². The van der Waals surface area contributed by atoms with Crippen molar-refractivity contribution in [3.8, 4) is 0 Å². The van der Waals surface area contributed by atoms with Crippen molar-refractivity contribution >= 4 is 33.9 Å². The third-order valence-corrected chi connectivity index (χ3v) is 4.61. The minimum absolute atomic E-state index is 1.88.